The van der Waals surface area contributed by atoms with Gasteiger partial charge in [0.15, 0.2) is 0 Å². The van der Waals surface area contributed by atoms with E-state index in [0.29, 0.717) is 24.5 Å². The quantitative estimate of drug-likeness (QED) is 0.792. The highest BCUT2D eigenvalue weighted by Gasteiger charge is 2.26. The summed E-state index contributed by atoms with van der Waals surface area (Å²) in [7, 11) is 1.50. The lowest BCUT2D eigenvalue weighted by Gasteiger charge is -2.15. The maximum absolute atomic E-state index is 10.9. The van der Waals surface area contributed by atoms with Gasteiger partial charge in [-0.05, 0) is 17.2 Å². The molecule has 5 heteroatoms. The van der Waals surface area contributed by atoms with Crippen molar-refractivity contribution < 1.29 is 19.4 Å². The molecule has 16 heavy (non-hydrogen) atoms. The lowest BCUT2D eigenvalue weighted by atomic mass is 9.97. The van der Waals surface area contributed by atoms with Crippen molar-refractivity contribution in [1.29, 1.82) is 0 Å². The number of methoxy groups -OCH3 is 1. The van der Waals surface area contributed by atoms with Crippen molar-refractivity contribution in [3.05, 3.63) is 28.8 Å². The first-order valence-corrected chi connectivity index (χ1v) is 4.90. The summed E-state index contributed by atoms with van der Waals surface area (Å²) in [4.78, 5) is 10.9. The normalized spacial score (nSPS) is 15.6. The fourth-order valence-corrected chi connectivity index (χ4v) is 1.90. The monoisotopic (exact) mass is 223 g/mol. The molecule has 2 rings (SSSR count). The summed E-state index contributed by atoms with van der Waals surface area (Å²) in [5.74, 6) is -0.572. The molecule has 1 aromatic carbocycles. The summed E-state index contributed by atoms with van der Waals surface area (Å²) < 4.78 is 10.4. The molecule has 86 valence electrons. The lowest BCUT2D eigenvalue weighted by Crippen LogP contribution is -2.23. The van der Waals surface area contributed by atoms with Crippen LogP contribution in [0, 0.1) is 0 Å². The Hall–Kier alpha value is -1.59. The van der Waals surface area contributed by atoms with Gasteiger partial charge in [-0.2, -0.15) is 0 Å². The summed E-state index contributed by atoms with van der Waals surface area (Å²) in [5.41, 5.74) is 7.99. The maximum atomic E-state index is 10.9. The van der Waals surface area contributed by atoms with E-state index >= 15 is 0 Å². The Bertz CT molecular complexity index is 430. The Kier molecular flexibility index (Phi) is 2.80. The number of carbonyl (C=O) groups is 1. The first-order valence-electron chi connectivity index (χ1n) is 4.90. The number of nitrogens with two attached hydrogens (primary N) is 1. The van der Waals surface area contributed by atoms with Crippen molar-refractivity contribution in [2.24, 2.45) is 5.73 Å². The lowest BCUT2D eigenvalue weighted by molar-refractivity contribution is -0.138. The van der Waals surface area contributed by atoms with Crippen LogP contribution in [0.1, 0.15) is 22.7 Å². The van der Waals surface area contributed by atoms with Crippen molar-refractivity contribution >= 4 is 5.97 Å². The van der Waals surface area contributed by atoms with Crippen molar-refractivity contribution in [1.82, 2.24) is 0 Å². The minimum absolute atomic E-state index is 0.392. The number of hydrogen-bond donors (Lipinski definition) is 2. The second kappa shape index (κ2) is 4.11. The molecule has 5 nitrogen and oxygen atoms in total. The van der Waals surface area contributed by atoms with E-state index in [9.17, 15) is 4.79 Å². The van der Waals surface area contributed by atoms with E-state index in [-0.39, 0.29) is 0 Å². The van der Waals surface area contributed by atoms with Gasteiger partial charge in [-0.25, -0.2) is 0 Å². The Morgan fingerprint density at radius 1 is 1.56 bits per heavy atom. The van der Waals surface area contributed by atoms with E-state index in [2.05, 4.69) is 0 Å². The summed E-state index contributed by atoms with van der Waals surface area (Å²) in [6.07, 6.45) is 0. The first-order chi connectivity index (χ1) is 7.65. The molecule has 0 aliphatic carbocycles. The van der Waals surface area contributed by atoms with Gasteiger partial charge >= 0.3 is 5.97 Å². The van der Waals surface area contributed by atoms with E-state index in [1.165, 1.54) is 7.11 Å². The van der Waals surface area contributed by atoms with Crippen LogP contribution in [-0.4, -0.2) is 18.2 Å². The van der Waals surface area contributed by atoms with Gasteiger partial charge in [0.2, 0.25) is 0 Å². The number of carboxylic acids is 1. The molecule has 0 bridgehead atoms. The molecule has 1 aromatic rings. The van der Waals surface area contributed by atoms with Gasteiger partial charge in [0, 0.05) is 5.56 Å². The van der Waals surface area contributed by atoms with Crippen molar-refractivity contribution in [2.45, 2.75) is 19.3 Å². The molecule has 0 spiro atoms. The van der Waals surface area contributed by atoms with E-state index in [0.717, 1.165) is 11.1 Å². The third-order valence-electron chi connectivity index (χ3n) is 2.72. The standard InChI is InChI=1S/C11H13NO4/c1-15-8-3-2-6-4-16-5-7(6)9(8)10(12)11(13)14/h2-3,10H,4-5,12H2,1H3,(H,13,14). The van der Waals surface area contributed by atoms with Crippen LogP contribution in [0.2, 0.25) is 0 Å². The summed E-state index contributed by atoms with van der Waals surface area (Å²) in [6.45, 7) is 0.890. The average molecular weight is 223 g/mol. The Morgan fingerprint density at radius 2 is 2.31 bits per heavy atom. The predicted octanol–water partition coefficient (Wildman–Crippen LogP) is 0.810. The van der Waals surface area contributed by atoms with Crippen LogP contribution in [0.5, 0.6) is 5.75 Å². The zero-order valence-electron chi connectivity index (χ0n) is 8.90. The molecular weight excluding hydrogens is 210 g/mol. The summed E-state index contributed by atoms with van der Waals surface area (Å²) in [5, 5.41) is 8.97. The predicted molar refractivity (Wildman–Crippen MR) is 56.1 cm³/mol. The van der Waals surface area contributed by atoms with Crippen molar-refractivity contribution in [3.8, 4) is 5.75 Å². The zero-order chi connectivity index (χ0) is 11.7. The molecule has 1 atom stereocenters. The van der Waals surface area contributed by atoms with Gasteiger partial charge in [0.25, 0.3) is 0 Å². The SMILES string of the molecule is COc1ccc2c(c1C(N)C(=O)O)COC2. The Balaban J connectivity index is 2.56. The number of fused-ring (bicyclic) bond motifs is 1. The van der Waals surface area contributed by atoms with E-state index in [1.54, 1.807) is 6.07 Å². The highest BCUT2D eigenvalue weighted by Crippen LogP contribution is 2.34. The second-order valence-corrected chi connectivity index (χ2v) is 3.63. The zero-order valence-corrected chi connectivity index (χ0v) is 8.90. The van der Waals surface area contributed by atoms with Crippen LogP contribution in [0.15, 0.2) is 12.1 Å². The molecule has 1 unspecified atom stereocenters. The Morgan fingerprint density at radius 3 is 2.94 bits per heavy atom. The maximum Gasteiger partial charge on any atom is 0.325 e. The van der Waals surface area contributed by atoms with Crippen LogP contribution >= 0.6 is 0 Å². The van der Waals surface area contributed by atoms with E-state index < -0.39 is 12.0 Å². The van der Waals surface area contributed by atoms with Crippen molar-refractivity contribution in [2.75, 3.05) is 7.11 Å². The molecule has 0 amide bonds. The minimum Gasteiger partial charge on any atom is -0.496 e. The number of rotatable bonds is 3. The average Bonchev–Trinajstić information content (AvgIpc) is 2.74. The smallest absolute Gasteiger partial charge is 0.325 e. The summed E-state index contributed by atoms with van der Waals surface area (Å²) in [6, 6.07) is 2.52. The molecular formula is C11H13NO4. The number of benzene rings is 1. The fourth-order valence-electron chi connectivity index (χ4n) is 1.90. The third kappa shape index (κ3) is 1.64. The molecule has 0 fully saturated rings. The highest BCUT2D eigenvalue weighted by molar-refractivity contribution is 5.77. The molecule has 0 saturated carbocycles. The number of hydrogen-bond acceptors (Lipinski definition) is 4. The molecule has 0 saturated heterocycles. The van der Waals surface area contributed by atoms with Gasteiger partial charge in [-0.1, -0.05) is 6.07 Å². The first kappa shape index (κ1) is 10.9. The fraction of sp³-hybridized carbons (Fsp3) is 0.364. The minimum atomic E-state index is -1.08. The van der Waals surface area contributed by atoms with Gasteiger partial charge in [0.05, 0.1) is 20.3 Å². The number of ether oxygens (including phenoxy) is 2. The van der Waals surface area contributed by atoms with Crippen LogP contribution < -0.4 is 10.5 Å². The van der Waals surface area contributed by atoms with Crippen LogP contribution in [0.25, 0.3) is 0 Å². The van der Waals surface area contributed by atoms with Crippen LogP contribution in [-0.2, 0) is 22.7 Å². The molecule has 1 aliphatic rings. The van der Waals surface area contributed by atoms with Crippen LogP contribution in [0.4, 0.5) is 0 Å². The van der Waals surface area contributed by atoms with E-state index in [4.69, 9.17) is 20.3 Å². The highest BCUT2D eigenvalue weighted by atomic mass is 16.5. The molecule has 0 aromatic heterocycles. The molecule has 1 aliphatic heterocycles. The van der Waals surface area contributed by atoms with Gasteiger partial charge in [0.1, 0.15) is 11.8 Å². The molecule has 1 heterocycles. The van der Waals surface area contributed by atoms with Gasteiger partial charge in [-0.15, -0.1) is 0 Å². The third-order valence-corrected chi connectivity index (χ3v) is 2.72. The van der Waals surface area contributed by atoms with Gasteiger partial charge in [-0.3, -0.25) is 4.79 Å². The van der Waals surface area contributed by atoms with E-state index in [1.807, 2.05) is 6.07 Å². The second-order valence-electron chi connectivity index (χ2n) is 3.63. The number of aliphatic carboxylic acids is 1. The van der Waals surface area contributed by atoms with Crippen LogP contribution in [0.3, 0.4) is 0 Å². The largest absolute Gasteiger partial charge is 0.496 e. The van der Waals surface area contributed by atoms with Gasteiger partial charge < -0.3 is 20.3 Å². The Labute approximate surface area is 92.8 Å². The summed E-state index contributed by atoms with van der Waals surface area (Å²) >= 11 is 0. The molecule has 0 radical (unpaired) electrons. The topological polar surface area (TPSA) is 81.8 Å². The molecule has 3 N–H and O–H groups in total. The van der Waals surface area contributed by atoms with Crippen molar-refractivity contribution in [3.63, 3.8) is 0 Å². The number of carboxylic acid groups (broad SMARTS) is 1.